The fourth-order valence-electron chi connectivity index (χ4n) is 2.50. The molecule has 3 rings (SSSR count). The number of aryl methyl sites for hydroxylation is 2. The number of ether oxygens (including phenoxy) is 1. The molecule has 22 heavy (non-hydrogen) atoms. The molecule has 0 radical (unpaired) electrons. The van der Waals surface area contributed by atoms with E-state index in [1.807, 2.05) is 12.1 Å². The van der Waals surface area contributed by atoms with Gasteiger partial charge in [-0.25, -0.2) is 4.39 Å². The number of amides is 1. The molecule has 1 aliphatic rings. The first kappa shape index (κ1) is 14.4. The van der Waals surface area contributed by atoms with E-state index in [2.05, 4.69) is 16.9 Å². The molecule has 1 amide bonds. The second-order valence-corrected chi connectivity index (χ2v) is 5.25. The normalized spacial score (nSPS) is 12.6. The van der Waals surface area contributed by atoms with Gasteiger partial charge in [0.1, 0.15) is 11.6 Å². The van der Waals surface area contributed by atoms with Crippen molar-refractivity contribution in [3.05, 3.63) is 59.4 Å². The third kappa shape index (κ3) is 3.55. The molecule has 0 saturated heterocycles. The van der Waals surface area contributed by atoms with Crippen molar-refractivity contribution < 1.29 is 13.9 Å². The lowest BCUT2D eigenvalue weighted by Gasteiger charge is -2.10. The summed E-state index contributed by atoms with van der Waals surface area (Å²) >= 11 is 0. The van der Waals surface area contributed by atoms with Crippen molar-refractivity contribution in [2.75, 3.05) is 12.0 Å². The Morgan fingerprint density at radius 3 is 2.68 bits per heavy atom. The van der Waals surface area contributed by atoms with Gasteiger partial charge in [0.2, 0.25) is 0 Å². The summed E-state index contributed by atoms with van der Waals surface area (Å²) in [5.41, 5.74) is 8.49. The maximum atomic E-state index is 12.8. The van der Waals surface area contributed by atoms with Crippen molar-refractivity contribution in [1.29, 1.82) is 0 Å². The quantitative estimate of drug-likeness (QED) is 0.835. The number of hydrazine groups is 1. The van der Waals surface area contributed by atoms with Crippen molar-refractivity contribution in [3.8, 4) is 5.75 Å². The fourth-order valence-corrected chi connectivity index (χ4v) is 2.50. The highest BCUT2D eigenvalue weighted by molar-refractivity contribution is 5.78. The number of carbonyl (C=O) groups excluding carboxylic acids is 1. The maximum Gasteiger partial charge on any atom is 0.276 e. The largest absolute Gasteiger partial charge is 0.484 e. The van der Waals surface area contributed by atoms with Gasteiger partial charge in [-0.3, -0.25) is 15.6 Å². The molecule has 1 aliphatic carbocycles. The monoisotopic (exact) mass is 300 g/mol. The summed E-state index contributed by atoms with van der Waals surface area (Å²) in [5, 5.41) is 0. The van der Waals surface area contributed by atoms with Gasteiger partial charge in [0.05, 0.1) is 5.69 Å². The van der Waals surface area contributed by atoms with Crippen LogP contribution >= 0.6 is 0 Å². The van der Waals surface area contributed by atoms with E-state index in [1.54, 1.807) is 0 Å². The topological polar surface area (TPSA) is 50.4 Å². The Kier molecular flexibility index (Phi) is 4.23. The van der Waals surface area contributed by atoms with E-state index in [0.717, 1.165) is 12.8 Å². The van der Waals surface area contributed by atoms with Crippen LogP contribution in [0.15, 0.2) is 42.5 Å². The summed E-state index contributed by atoms with van der Waals surface area (Å²) in [7, 11) is 0. The summed E-state index contributed by atoms with van der Waals surface area (Å²) in [6.45, 7) is -0.0764. The maximum absolute atomic E-state index is 12.8. The number of nitrogens with one attached hydrogen (secondary N) is 2. The summed E-state index contributed by atoms with van der Waals surface area (Å²) in [5.74, 6) is 0.0826. The van der Waals surface area contributed by atoms with E-state index in [1.165, 1.54) is 41.8 Å². The molecular weight excluding hydrogens is 283 g/mol. The second kappa shape index (κ2) is 6.47. The Labute approximate surface area is 128 Å². The van der Waals surface area contributed by atoms with Gasteiger partial charge in [-0.15, -0.1) is 0 Å². The van der Waals surface area contributed by atoms with Gasteiger partial charge in [0.25, 0.3) is 5.91 Å². The zero-order valence-corrected chi connectivity index (χ0v) is 12.1. The number of rotatable bonds is 5. The standard InChI is InChI=1S/C17H17FN2O2/c18-14-5-7-15(8-6-14)19-20-17(21)11-22-16-9-4-12-2-1-3-13(12)10-16/h4-10,19H,1-3,11H2,(H,20,21). The lowest BCUT2D eigenvalue weighted by atomic mass is 10.1. The van der Waals surface area contributed by atoms with Crippen LogP contribution in [-0.4, -0.2) is 12.5 Å². The van der Waals surface area contributed by atoms with Gasteiger partial charge >= 0.3 is 0 Å². The van der Waals surface area contributed by atoms with Crippen LogP contribution < -0.4 is 15.6 Å². The number of hydrogen-bond acceptors (Lipinski definition) is 3. The smallest absolute Gasteiger partial charge is 0.276 e. The first-order valence-electron chi connectivity index (χ1n) is 7.26. The predicted molar refractivity (Wildman–Crippen MR) is 82.1 cm³/mol. The zero-order valence-electron chi connectivity index (χ0n) is 12.1. The molecule has 0 fully saturated rings. The van der Waals surface area contributed by atoms with E-state index in [9.17, 15) is 9.18 Å². The van der Waals surface area contributed by atoms with Crippen LogP contribution in [0.1, 0.15) is 17.5 Å². The van der Waals surface area contributed by atoms with Gasteiger partial charge in [-0.05, 0) is 66.8 Å². The summed E-state index contributed by atoms with van der Waals surface area (Å²) in [4.78, 5) is 11.7. The Balaban J connectivity index is 1.47. The molecule has 0 atom stereocenters. The van der Waals surface area contributed by atoms with E-state index < -0.39 is 0 Å². The van der Waals surface area contributed by atoms with Gasteiger partial charge in [-0.2, -0.15) is 0 Å². The van der Waals surface area contributed by atoms with Crippen molar-refractivity contribution in [1.82, 2.24) is 5.43 Å². The number of carbonyl (C=O) groups is 1. The van der Waals surface area contributed by atoms with Crippen LogP contribution in [0, 0.1) is 5.82 Å². The first-order valence-corrected chi connectivity index (χ1v) is 7.26. The molecule has 0 spiro atoms. The molecule has 0 aromatic heterocycles. The van der Waals surface area contributed by atoms with E-state index in [0.29, 0.717) is 11.4 Å². The number of fused-ring (bicyclic) bond motifs is 1. The second-order valence-electron chi connectivity index (χ2n) is 5.25. The van der Waals surface area contributed by atoms with Gasteiger partial charge in [0, 0.05) is 0 Å². The van der Waals surface area contributed by atoms with Crippen molar-refractivity contribution in [2.45, 2.75) is 19.3 Å². The Morgan fingerprint density at radius 2 is 1.86 bits per heavy atom. The number of halogens is 1. The predicted octanol–water partition coefficient (Wildman–Crippen LogP) is 2.84. The van der Waals surface area contributed by atoms with E-state index in [-0.39, 0.29) is 18.3 Å². The Hall–Kier alpha value is -2.56. The molecule has 0 heterocycles. The summed E-state index contributed by atoms with van der Waals surface area (Å²) in [6.07, 6.45) is 3.38. The lowest BCUT2D eigenvalue weighted by molar-refractivity contribution is -0.122. The Bertz CT molecular complexity index is 671. The SMILES string of the molecule is O=C(COc1ccc2c(c1)CCC2)NNc1ccc(F)cc1. The lowest BCUT2D eigenvalue weighted by Crippen LogP contribution is -2.33. The highest BCUT2D eigenvalue weighted by Gasteiger charge is 2.11. The molecule has 114 valence electrons. The zero-order chi connectivity index (χ0) is 15.4. The summed E-state index contributed by atoms with van der Waals surface area (Å²) in [6, 6.07) is 11.7. The van der Waals surface area contributed by atoms with Crippen LogP contribution in [0.25, 0.3) is 0 Å². The molecule has 0 aliphatic heterocycles. The first-order chi connectivity index (χ1) is 10.7. The Morgan fingerprint density at radius 1 is 1.09 bits per heavy atom. The molecule has 2 aromatic rings. The molecule has 0 unspecified atom stereocenters. The van der Waals surface area contributed by atoms with Gasteiger partial charge in [0.15, 0.2) is 6.61 Å². The molecule has 0 bridgehead atoms. The average Bonchev–Trinajstić information content (AvgIpc) is 3.00. The van der Waals surface area contributed by atoms with Crippen LogP contribution in [-0.2, 0) is 17.6 Å². The molecule has 2 aromatic carbocycles. The van der Waals surface area contributed by atoms with Crippen LogP contribution in [0.2, 0.25) is 0 Å². The highest BCUT2D eigenvalue weighted by Crippen LogP contribution is 2.25. The van der Waals surface area contributed by atoms with Crippen molar-refractivity contribution in [3.63, 3.8) is 0 Å². The number of benzene rings is 2. The van der Waals surface area contributed by atoms with E-state index in [4.69, 9.17) is 4.74 Å². The van der Waals surface area contributed by atoms with Crippen molar-refractivity contribution in [2.24, 2.45) is 0 Å². The number of anilines is 1. The van der Waals surface area contributed by atoms with Crippen LogP contribution in [0.3, 0.4) is 0 Å². The molecule has 5 heteroatoms. The minimum Gasteiger partial charge on any atom is -0.484 e. The summed E-state index contributed by atoms with van der Waals surface area (Å²) < 4.78 is 18.2. The van der Waals surface area contributed by atoms with Gasteiger partial charge < -0.3 is 4.74 Å². The minimum atomic E-state index is -0.322. The van der Waals surface area contributed by atoms with Crippen LogP contribution in [0.5, 0.6) is 5.75 Å². The third-order valence-electron chi connectivity index (χ3n) is 3.63. The van der Waals surface area contributed by atoms with Gasteiger partial charge in [-0.1, -0.05) is 6.07 Å². The average molecular weight is 300 g/mol. The van der Waals surface area contributed by atoms with E-state index >= 15 is 0 Å². The molecule has 0 saturated carbocycles. The minimum absolute atomic E-state index is 0.0764. The third-order valence-corrected chi connectivity index (χ3v) is 3.63. The number of hydrogen-bond donors (Lipinski definition) is 2. The molecular formula is C17H17FN2O2. The molecule has 4 nitrogen and oxygen atoms in total. The van der Waals surface area contributed by atoms with Crippen molar-refractivity contribution >= 4 is 11.6 Å². The molecule has 2 N–H and O–H groups in total. The highest BCUT2D eigenvalue weighted by atomic mass is 19.1. The fraction of sp³-hybridized carbons (Fsp3) is 0.235. The van der Waals surface area contributed by atoms with Crippen LogP contribution in [0.4, 0.5) is 10.1 Å².